The fourth-order valence-corrected chi connectivity index (χ4v) is 5.48. The van der Waals surface area contributed by atoms with Gasteiger partial charge in [-0.1, -0.05) is 6.42 Å². The molecule has 0 heterocycles. The summed E-state index contributed by atoms with van der Waals surface area (Å²) in [6, 6.07) is 0.896. The average molecular weight is 219 g/mol. The second-order valence-corrected chi connectivity index (χ2v) is 7.43. The van der Waals surface area contributed by atoms with Gasteiger partial charge in [0.25, 0.3) is 0 Å². The minimum absolute atomic E-state index is 0.754. The van der Waals surface area contributed by atoms with Crippen molar-refractivity contribution in [3.05, 3.63) is 0 Å². The molecule has 0 aromatic carbocycles. The van der Waals surface area contributed by atoms with Crippen molar-refractivity contribution in [1.82, 2.24) is 5.32 Å². The molecule has 5 saturated carbocycles. The van der Waals surface area contributed by atoms with Crippen LogP contribution in [0.15, 0.2) is 0 Å². The normalized spacial score (nSPS) is 50.6. The van der Waals surface area contributed by atoms with E-state index in [0.29, 0.717) is 0 Å². The van der Waals surface area contributed by atoms with E-state index in [1.54, 1.807) is 38.5 Å². The molecule has 1 heteroatoms. The molecule has 5 fully saturated rings. The van der Waals surface area contributed by atoms with Crippen molar-refractivity contribution in [2.75, 3.05) is 6.54 Å². The van der Waals surface area contributed by atoms with E-state index in [2.05, 4.69) is 5.32 Å². The fourth-order valence-electron chi connectivity index (χ4n) is 5.48. The van der Waals surface area contributed by atoms with Gasteiger partial charge in [-0.05, 0) is 74.5 Å². The van der Waals surface area contributed by atoms with Gasteiger partial charge in [-0.3, -0.25) is 0 Å². The summed E-state index contributed by atoms with van der Waals surface area (Å²) in [5.74, 6) is 3.36. The molecular formula is C15H25N. The first-order valence-corrected chi connectivity index (χ1v) is 7.55. The maximum Gasteiger partial charge on any atom is 0.00673 e. The molecule has 5 aliphatic carbocycles. The lowest BCUT2D eigenvalue weighted by atomic mass is 9.49. The van der Waals surface area contributed by atoms with E-state index in [4.69, 9.17) is 0 Å². The highest BCUT2D eigenvalue weighted by molar-refractivity contribution is 5.02. The summed E-state index contributed by atoms with van der Waals surface area (Å²) in [6.07, 6.45) is 13.8. The van der Waals surface area contributed by atoms with Gasteiger partial charge in [0.05, 0.1) is 0 Å². The highest BCUT2D eigenvalue weighted by atomic mass is 14.9. The van der Waals surface area contributed by atoms with E-state index in [0.717, 1.165) is 29.2 Å². The summed E-state index contributed by atoms with van der Waals surface area (Å²) < 4.78 is 0. The van der Waals surface area contributed by atoms with Crippen molar-refractivity contribution in [2.45, 2.75) is 63.8 Å². The summed E-state index contributed by atoms with van der Waals surface area (Å²) in [7, 11) is 0. The Balaban J connectivity index is 1.44. The third kappa shape index (κ3) is 1.54. The molecule has 1 nitrogen and oxygen atoms in total. The molecule has 5 rings (SSSR count). The van der Waals surface area contributed by atoms with Crippen LogP contribution in [0.4, 0.5) is 0 Å². The van der Waals surface area contributed by atoms with Crippen LogP contribution in [-0.4, -0.2) is 12.6 Å². The summed E-state index contributed by atoms with van der Waals surface area (Å²) in [5, 5.41) is 3.88. The quantitative estimate of drug-likeness (QED) is 0.767. The lowest BCUT2D eigenvalue weighted by molar-refractivity contribution is -0.0534. The zero-order chi connectivity index (χ0) is 10.6. The smallest absolute Gasteiger partial charge is 0.00673 e. The Morgan fingerprint density at radius 2 is 1.44 bits per heavy atom. The largest absolute Gasteiger partial charge is 0.313 e. The third-order valence-corrected chi connectivity index (χ3v) is 6.04. The van der Waals surface area contributed by atoms with Crippen molar-refractivity contribution in [1.29, 1.82) is 0 Å². The van der Waals surface area contributed by atoms with Crippen molar-refractivity contribution < 1.29 is 0 Å². The van der Waals surface area contributed by atoms with Gasteiger partial charge in [0.15, 0.2) is 0 Å². The van der Waals surface area contributed by atoms with Crippen molar-refractivity contribution in [3.63, 3.8) is 0 Å². The van der Waals surface area contributed by atoms with Crippen LogP contribution in [0.1, 0.15) is 57.8 Å². The molecule has 0 spiro atoms. The Labute approximate surface area is 99.4 Å². The molecule has 16 heavy (non-hydrogen) atoms. The standard InChI is InChI=1S/C15H25N/c1-2-14(3-1)16-10-15-7-11-4-12(8-15)6-13(5-11)9-15/h11-14,16H,1-10H2. The molecule has 1 N–H and O–H groups in total. The van der Waals surface area contributed by atoms with Crippen LogP contribution < -0.4 is 5.32 Å². The molecule has 0 unspecified atom stereocenters. The molecule has 0 saturated heterocycles. The van der Waals surface area contributed by atoms with Gasteiger partial charge in [-0.2, -0.15) is 0 Å². The summed E-state index contributed by atoms with van der Waals surface area (Å²) in [5.41, 5.74) is 0.754. The molecule has 0 radical (unpaired) electrons. The molecule has 4 bridgehead atoms. The van der Waals surface area contributed by atoms with E-state index < -0.39 is 0 Å². The molecule has 5 aliphatic rings. The molecular weight excluding hydrogens is 194 g/mol. The highest BCUT2D eigenvalue weighted by Gasteiger charge is 2.50. The lowest BCUT2D eigenvalue weighted by Crippen LogP contribution is -2.52. The Hall–Kier alpha value is -0.0400. The number of hydrogen-bond acceptors (Lipinski definition) is 1. The van der Waals surface area contributed by atoms with Gasteiger partial charge >= 0.3 is 0 Å². The first kappa shape index (κ1) is 9.94. The van der Waals surface area contributed by atoms with Crippen LogP contribution in [0.3, 0.4) is 0 Å². The molecule has 0 atom stereocenters. The van der Waals surface area contributed by atoms with Crippen LogP contribution in [0, 0.1) is 23.2 Å². The van der Waals surface area contributed by atoms with E-state index in [1.807, 2.05) is 0 Å². The summed E-state index contributed by atoms with van der Waals surface area (Å²) in [6.45, 7) is 1.36. The predicted molar refractivity (Wildman–Crippen MR) is 66.2 cm³/mol. The molecule has 90 valence electrons. The number of rotatable bonds is 3. The van der Waals surface area contributed by atoms with E-state index in [1.165, 1.54) is 25.8 Å². The van der Waals surface area contributed by atoms with E-state index in [-0.39, 0.29) is 0 Å². The van der Waals surface area contributed by atoms with Gasteiger partial charge in [-0.25, -0.2) is 0 Å². The maximum atomic E-state index is 3.88. The van der Waals surface area contributed by atoms with Crippen LogP contribution >= 0.6 is 0 Å². The van der Waals surface area contributed by atoms with Crippen LogP contribution in [-0.2, 0) is 0 Å². The van der Waals surface area contributed by atoms with Crippen LogP contribution in [0.2, 0.25) is 0 Å². The van der Waals surface area contributed by atoms with Gasteiger partial charge in [0.1, 0.15) is 0 Å². The fraction of sp³-hybridized carbons (Fsp3) is 1.00. The first-order chi connectivity index (χ1) is 7.81. The van der Waals surface area contributed by atoms with E-state index >= 15 is 0 Å². The first-order valence-electron chi connectivity index (χ1n) is 7.55. The van der Waals surface area contributed by atoms with Crippen LogP contribution in [0.5, 0.6) is 0 Å². The zero-order valence-corrected chi connectivity index (χ0v) is 10.4. The molecule has 0 aliphatic heterocycles. The Bertz CT molecular complexity index is 244. The molecule has 0 aromatic heterocycles. The predicted octanol–water partition coefficient (Wildman–Crippen LogP) is 3.34. The monoisotopic (exact) mass is 219 g/mol. The van der Waals surface area contributed by atoms with Gasteiger partial charge < -0.3 is 5.32 Å². The van der Waals surface area contributed by atoms with Gasteiger partial charge in [0.2, 0.25) is 0 Å². The minimum Gasteiger partial charge on any atom is -0.313 e. The van der Waals surface area contributed by atoms with Crippen molar-refractivity contribution in [3.8, 4) is 0 Å². The molecule has 0 aromatic rings. The highest BCUT2D eigenvalue weighted by Crippen LogP contribution is 2.59. The van der Waals surface area contributed by atoms with Crippen molar-refractivity contribution in [2.24, 2.45) is 23.2 Å². The Morgan fingerprint density at radius 3 is 1.88 bits per heavy atom. The Kier molecular flexibility index (Phi) is 2.16. The topological polar surface area (TPSA) is 12.0 Å². The summed E-state index contributed by atoms with van der Waals surface area (Å²) in [4.78, 5) is 0. The minimum atomic E-state index is 0.754. The van der Waals surface area contributed by atoms with Crippen molar-refractivity contribution >= 4 is 0 Å². The average Bonchev–Trinajstić information content (AvgIpc) is 2.12. The van der Waals surface area contributed by atoms with Gasteiger partial charge in [0, 0.05) is 12.6 Å². The van der Waals surface area contributed by atoms with E-state index in [9.17, 15) is 0 Å². The maximum absolute atomic E-state index is 3.88. The number of nitrogens with one attached hydrogen (secondary N) is 1. The SMILES string of the molecule is C1CC(NCC23CC4CC(CC(C4)C2)C3)C1. The lowest BCUT2D eigenvalue weighted by Gasteiger charge is -2.57. The Morgan fingerprint density at radius 1 is 0.875 bits per heavy atom. The summed E-state index contributed by atoms with van der Waals surface area (Å²) >= 11 is 0. The van der Waals surface area contributed by atoms with Gasteiger partial charge in [-0.15, -0.1) is 0 Å². The third-order valence-electron chi connectivity index (χ3n) is 6.04. The molecule has 0 amide bonds. The zero-order valence-electron chi connectivity index (χ0n) is 10.4. The van der Waals surface area contributed by atoms with Crippen LogP contribution in [0.25, 0.3) is 0 Å². The number of hydrogen-bond donors (Lipinski definition) is 1. The second kappa shape index (κ2) is 3.48. The second-order valence-electron chi connectivity index (χ2n) is 7.43.